The van der Waals surface area contributed by atoms with Crippen LogP contribution in [0, 0.1) is 23.7 Å². The molecule has 1 aromatic rings. The molecule has 5 N–H and O–H groups in total. The van der Waals surface area contributed by atoms with Crippen LogP contribution >= 0.6 is 0 Å². The summed E-state index contributed by atoms with van der Waals surface area (Å²) in [6, 6.07) is 6.43. The van der Waals surface area contributed by atoms with E-state index in [1.54, 1.807) is 25.1 Å². The van der Waals surface area contributed by atoms with E-state index < -0.39 is 11.8 Å². The van der Waals surface area contributed by atoms with Crippen molar-refractivity contribution in [2.24, 2.45) is 10.8 Å². The number of nitrogens with one attached hydrogen (secondary N) is 2. The average molecular weight is 245 g/mol. The molecule has 0 saturated heterocycles. The number of aryl methyl sites for hydroxylation is 1. The normalized spacial score (nSPS) is 10.6. The predicted octanol–water partition coefficient (Wildman–Crippen LogP) is 0.921. The number of nitrogens with zero attached hydrogens (tertiary/aromatic N) is 2. The highest BCUT2D eigenvalue weighted by Gasteiger charge is 2.12. The van der Waals surface area contributed by atoms with Crippen molar-refractivity contribution in [3.63, 3.8) is 0 Å². The van der Waals surface area contributed by atoms with Gasteiger partial charge in [-0.2, -0.15) is 10.4 Å². The lowest BCUT2D eigenvalue weighted by atomic mass is 10.1. The van der Waals surface area contributed by atoms with E-state index in [-0.39, 0.29) is 17.0 Å². The molecule has 18 heavy (non-hydrogen) atoms. The van der Waals surface area contributed by atoms with Gasteiger partial charge in [0, 0.05) is 0 Å². The zero-order chi connectivity index (χ0) is 13.7. The third kappa shape index (κ3) is 2.82. The second-order valence-corrected chi connectivity index (χ2v) is 3.40. The maximum atomic E-state index is 11.1. The minimum atomic E-state index is -1.10. The molecule has 0 aliphatic carbocycles. The topological polar surface area (TPSA) is 135 Å². The van der Waals surface area contributed by atoms with Crippen molar-refractivity contribution >= 4 is 23.2 Å². The molecule has 92 valence electrons. The van der Waals surface area contributed by atoms with Gasteiger partial charge in [0.1, 0.15) is 6.07 Å². The largest absolute Gasteiger partial charge is 0.478 e. The van der Waals surface area contributed by atoms with Crippen molar-refractivity contribution in [1.82, 2.24) is 0 Å². The van der Waals surface area contributed by atoms with Crippen molar-refractivity contribution < 1.29 is 9.90 Å². The third-order valence-corrected chi connectivity index (χ3v) is 2.14. The fourth-order valence-electron chi connectivity index (χ4n) is 1.31. The Hall–Kier alpha value is -2.88. The maximum Gasteiger partial charge on any atom is 0.338 e. The fourth-order valence-corrected chi connectivity index (χ4v) is 1.31. The molecule has 0 fully saturated rings. The molecule has 0 spiro atoms. The molecule has 0 aliphatic rings. The molecule has 7 nitrogen and oxygen atoms in total. The number of anilines is 1. The Morgan fingerprint density at radius 1 is 1.61 bits per heavy atom. The predicted molar refractivity (Wildman–Crippen MR) is 66.7 cm³/mol. The second kappa shape index (κ2) is 5.45. The van der Waals surface area contributed by atoms with Crippen LogP contribution in [0.15, 0.2) is 23.3 Å². The number of nitriles is 1. The number of benzene rings is 1. The van der Waals surface area contributed by atoms with Crippen LogP contribution < -0.4 is 11.2 Å². The highest BCUT2D eigenvalue weighted by molar-refractivity contribution is 6.45. The highest BCUT2D eigenvalue weighted by Crippen LogP contribution is 2.19. The van der Waals surface area contributed by atoms with E-state index in [0.29, 0.717) is 5.56 Å². The van der Waals surface area contributed by atoms with Crippen molar-refractivity contribution in [2.75, 3.05) is 5.43 Å². The zero-order valence-corrected chi connectivity index (χ0v) is 9.56. The molecule has 0 aliphatic heterocycles. The quantitative estimate of drug-likeness (QED) is 0.355. The Labute approximate surface area is 103 Å². The van der Waals surface area contributed by atoms with Crippen LogP contribution in [0.1, 0.15) is 15.9 Å². The van der Waals surface area contributed by atoms with Gasteiger partial charge in [0.15, 0.2) is 5.84 Å². The molecule has 1 rings (SSSR count). The average Bonchev–Trinajstić information content (AvgIpc) is 2.28. The number of hydrogen-bond acceptors (Lipinski definition) is 5. The Kier molecular flexibility index (Phi) is 3.99. The van der Waals surface area contributed by atoms with Crippen LogP contribution in [0.5, 0.6) is 0 Å². The summed E-state index contributed by atoms with van der Waals surface area (Å²) in [6.45, 7) is 1.65. The molecule has 0 saturated carbocycles. The molecule has 0 atom stereocenters. The lowest BCUT2D eigenvalue weighted by Gasteiger charge is -2.07. The molecular formula is C11H11N5O2. The first-order valence-electron chi connectivity index (χ1n) is 4.88. The SMILES string of the molecule is Cc1cccc(N/N=C(\C#N)C(=N)N)c1C(=O)O. The summed E-state index contributed by atoms with van der Waals surface area (Å²) in [4.78, 5) is 11.1. The van der Waals surface area contributed by atoms with Crippen LogP contribution in [0.4, 0.5) is 5.69 Å². The first-order valence-corrected chi connectivity index (χ1v) is 4.88. The Morgan fingerprint density at radius 2 is 2.28 bits per heavy atom. The van der Waals surface area contributed by atoms with Crippen LogP contribution in [-0.2, 0) is 0 Å². The van der Waals surface area contributed by atoms with Crippen molar-refractivity contribution in [1.29, 1.82) is 10.7 Å². The van der Waals surface area contributed by atoms with Gasteiger partial charge in [-0.25, -0.2) is 4.79 Å². The number of hydrazone groups is 1. The summed E-state index contributed by atoms with van der Waals surface area (Å²) in [7, 11) is 0. The summed E-state index contributed by atoms with van der Waals surface area (Å²) in [5, 5.41) is 28.4. The summed E-state index contributed by atoms with van der Waals surface area (Å²) in [6.07, 6.45) is 0. The van der Waals surface area contributed by atoms with E-state index in [0.717, 1.165) is 0 Å². The Balaban J connectivity index is 3.14. The van der Waals surface area contributed by atoms with Crippen LogP contribution in [0.2, 0.25) is 0 Å². The monoisotopic (exact) mass is 245 g/mol. The van der Waals surface area contributed by atoms with Gasteiger partial charge in [-0.05, 0) is 18.6 Å². The molecule has 7 heteroatoms. The number of hydrogen-bond donors (Lipinski definition) is 4. The van der Waals surface area contributed by atoms with Crippen LogP contribution in [-0.4, -0.2) is 22.6 Å². The lowest BCUT2D eigenvalue weighted by Crippen LogP contribution is -2.22. The number of carboxylic acid groups (broad SMARTS) is 1. The van der Waals surface area contributed by atoms with Gasteiger partial charge >= 0.3 is 5.97 Å². The molecule has 0 radical (unpaired) electrons. The van der Waals surface area contributed by atoms with E-state index in [1.807, 2.05) is 0 Å². The standard InChI is InChI=1S/C11H11N5O2/c1-6-3-2-4-7(9(6)11(17)18)15-16-8(5-12)10(13)14/h2-4,15H,1H3,(H3,13,14)(H,17,18)/b16-8+. The van der Waals surface area contributed by atoms with Crippen molar-refractivity contribution in [2.45, 2.75) is 6.92 Å². The number of amidine groups is 1. The van der Waals surface area contributed by atoms with Gasteiger partial charge in [-0.3, -0.25) is 10.8 Å². The Morgan fingerprint density at radius 3 is 2.78 bits per heavy atom. The van der Waals surface area contributed by atoms with Gasteiger partial charge in [0.05, 0.1) is 11.3 Å². The molecule has 0 heterocycles. The van der Waals surface area contributed by atoms with E-state index in [1.165, 1.54) is 6.07 Å². The minimum Gasteiger partial charge on any atom is -0.478 e. The van der Waals surface area contributed by atoms with E-state index in [2.05, 4.69) is 10.5 Å². The van der Waals surface area contributed by atoms with Crippen molar-refractivity contribution in [3.05, 3.63) is 29.3 Å². The van der Waals surface area contributed by atoms with Crippen molar-refractivity contribution in [3.8, 4) is 6.07 Å². The smallest absolute Gasteiger partial charge is 0.338 e. The van der Waals surface area contributed by atoms with Gasteiger partial charge in [0.25, 0.3) is 0 Å². The number of carboxylic acids is 1. The molecule has 1 aromatic carbocycles. The molecular weight excluding hydrogens is 234 g/mol. The number of aromatic carboxylic acids is 1. The van der Waals surface area contributed by atoms with Gasteiger partial charge in [-0.1, -0.05) is 12.1 Å². The maximum absolute atomic E-state index is 11.1. The molecule has 0 aromatic heterocycles. The summed E-state index contributed by atoms with van der Waals surface area (Å²) >= 11 is 0. The summed E-state index contributed by atoms with van der Waals surface area (Å²) in [5.74, 6) is -1.60. The van der Waals surface area contributed by atoms with E-state index in [4.69, 9.17) is 21.5 Å². The van der Waals surface area contributed by atoms with E-state index in [9.17, 15) is 4.79 Å². The van der Waals surface area contributed by atoms with Crippen LogP contribution in [0.3, 0.4) is 0 Å². The minimum absolute atomic E-state index is 0.0575. The van der Waals surface area contributed by atoms with Gasteiger partial charge < -0.3 is 10.8 Å². The molecule has 0 amide bonds. The number of carbonyl (C=O) groups is 1. The lowest BCUT2D eigenvalue weighted by molar-refractivity contribution is 0.0697. The second-order valence-electron chi connectivity index (χ2n) is 3.40. The van der Waals surface area contributed by atoms with Gasteiger partial charge in [-0.15, -0.1) is 0 Å². The summed E-state index contributed by atoms with van der Waals surface area (Å²) < 4.78 is 0. The summed E-state index contributed by atoms with van der Waals surface area (Å²) in [5.41, 5.74) is 8.08. The third-order valence-electron chi connectivity index (χ3n) is 2.14. The Bertz CT molecular complexity index is 571. The number of rotatable bonds is 4. The van der Waals surface area contributed by atoms with Gasteiger partial charge in [0.2, 0.25) is 5.71 Å². The molecule has 0 unspecified atom stereocenters. The first kappa shape index (κ1) is 13.2. The number of nitrogens with two attached hydrogens (primary N) is 1. The zero-order valence-electron chi connectivity index (χ0n) is 9.56. The highest BCUT2D eigenvalue weighted by atomic mass is 16.4. The van der Waals surface area contributed by atoms with Crippen LogP contribution in [0.25, 0.3) is 0 Å². The fraction of sp³-hybridized carbons (Fsp3) is 0.0909. The van der Waals surface area contributed by atoms with E-state index >= 15 is 0 Å². The molecule has 0 bridgehead atoms. The first-order chi connectivity index (χ1) is 8.47.